The lowest BCUT2D eigenvalue weighted by atomic mass is 9.95. The minimum Gasteiger partial charge on any atom is -0.455 e. The van der Waals surface area contributed by atoms with Gasteiger partial charge in [0.25, 0.3) is 0 Å². The maximum atomic E-state index is 6.49. The van der Waals surface area contributed by atoms with Crippen molar-refractivity contribution in [2.75, 3.05) is 0 Å². The Balaban J connectivity index is 1.07. The standard InChI is InChI=1S/C48H28N4O2/c1-3-11-31(12-4-1)45-50-46(52-47(51-45)39-19-10-18-38-37-16-7-8-20-41(37)53-43(38)39)34-24-22-29-21-23-33(27-35(29)28-34)36-17-9-15-30-25-26-40-44(42(30)36)54-48(49-40)32-13-5-2-6-14-32/h1-28H. The second-order valence-corrected chi connectivity index (χ2v) is 13.4. The number of benzene rings is 8. The molecule has 0 unspecified atom stereocenters. The highest BCUT2D eigenvalue weighted by atomic mass is 16.3. The molecule has 0 aliphatic rings. The number of nitrogens with zero attached hydrogens (tertiary/aromatic N) is 4. The summed E-state index contributed by atoms with van der Waals surface area (Å²) in [5, 5.41) is 6.40. The van der Waals surface area contributed by atoms with Gasteiger partial charge in [-0.15, -0.1) is 0 Å². The molecule has 11 rings (SSSR count). The normalized spacial score (nSPS) is 11.7. The van der Waals surface area contributed by atoms with E-state index in [2.05, 4.69) is 72.8 Å². The van der Waals surface area contributed by atoms with E-state index in [0.717, 1.165) is 88.0 Å². The molecular formula is C48H28N4O2. The largest absolute Gasteiger partial charge is 0.455 e. The lowest BCUT2D eigenvalue weighted by Crippen LogP contribution is -2.00. The highest BCUT2D eigenvalue weighted by molar-refractivity contribution is 6.12. The molecule has 11 aromatic rings. The zero-order chi connectivity index (χ0) is 35.6. The molecule has 0 atom stereocenters. The van der Waals surface area contributed by atoms with Crippen LogP contribution in [0.1, 0.15) is 0 Å². The number of hydrogen-bond donors (Lipinski definition) is 0. The summed E-state index contributed by atoms with van der Waals surface area (Å²) in [6, 6.07) is 57.8. The molecule has 0 spiro atoms. The summed E-state index contributed by atoms with van der Waals surface area (Å²) < 4.78 is 12.9. The Morgan fingerprint density at radius 1 is 0.352 bits per heavy atom. The molecule has 3 heterocycles. The SMILES string of the molecule is c1ccc(-c2nc(-c3ccc4ccc(-c5cccc6ccc7nc(-c8ccccc8)oc7c56)cc4c3)nc(-c3cccc4c3oc3ccccc34)n2)cc1. The molecule has 0 N–H and O–H groups in total. The number of furan rings is 1. The molecule has 0 aliphatic carbocycles. The number of rotatable bonds is 5. The van der Waals surface area contributed by atoms with Gasteiger partial charge in [-0.2, -0.15) is 0 Å². The van der Waals surface area contributed by atoms with Crippen LogP contribution in [0.5, 0.6) is 0 Å². The average Bonchev–Trinajstić information content (AvgIpc) is 3.86. The van der Waals surface area contributed by atoms with Crippen molar-refractivity contribution in [1.29, 1.82) is 0 Å². The van der Waals surface area contributed by atoms with Gasteiger partial charge in [0.05, 0.1) is 5.56 Å². The van der Waals surface area contributed by atoms with Gasteiger partial charge < -0.3 is 8.83 Å². The van der Waals surface area contributed by atoms with Crippen LogP contribution in [0.2, 0.25) is 0 Å². The maximum absolute atomic E-state index is 6.49. The van der Waals surface area contributed by atoms with E-state index in [1.807, 2.05) is 97.1 Å². The van der Waals surface area contributed by atoms with Crippen molar-refractivity contribution in [3.8, 4) is 56.7 Å². The first-order valence-electron chi connectivity index (χ1n) is 17.9. The van der Waals surface area contributed by atoms with Crippen LogP contribution in [0, 0.1) is 0 Å². The first-order valence-corrected chi connectivity index (χ1v) is 17.9. The Morgan fingerprint density at radius 2 is 1.00 bits per heavy atom. The van der Waals surface area contributed by atoms with Crippen LogP contribution >= 0.6 is 0 Å². The van der Waals surface area contributed by atoms with Gasteiger partial charge >= 0.3 is 0 Å². The van der Waals surface area contributed by atoms with E-state index in [0.29, 0.717) is 23.4 Å². The molecule has 0 radical (unpaired) electrons. The fourth-order valence-electron chi connectivity index (χ4n) is 7.52. The second-order valence-electron chi connectivity index (χ2n) is 13.4. The second kappa shape index (κ2) is 12.1. The van der Waals surface area contributed by atoms with Crippen LogP contribution in [-0.2, 0) is 0 Å². The van der Waals surface area contributed by atoms with Crippen molar-refractivity contribution in [2.24, 2.45) is 0 Å². The van der Waals surface area contributed by atoms with Gasteiger partial charge in [-0.3, -0.25) is 0 Å². The average molecular weight is 693 g/mol. The summed E-state index contributed by atoms with van der Waals surface area (Å²) in [6.45, 7) is 0. The molecule has 252 valence electrons. The Bertz CT molecular complexity index is 3220. The predicted octanol–water partition coefficient (Wildman–Crippen LogP) is 12.6. The van der Waals surface area contributed by atoms with Gasteiger partial charge in [-0.25, -0.2) is 19.9 Å². The molecule has 3 aromatic heterocycles. The lowest BCUT2D eigenvalue weighted by Gasteiger charge is -2.11. The molecule has 0 saturated heterocycles. The van der Waals surface area contributed by atoms with Crippen LogP contribution in [0.3, 0.4) is 0 Å². The number of para-hydroxylation sites is 2. The molecule has 0 saturated carbocycles. The summed E-state index contributed by atoms with van der Waals surface area (Å²) >= 11 is 0. The fraction of sp³-hybridized carbons (Fsp3) is 0. The van der Waals surface area contributed by atoms with E-state index < -0.39 is 0 Å². The summed E-state index contributed by atoms with van der Waals surface area (Å²) in [4.78, 5) is 20.0. The minimum absolute atomic E-state index is 0.555. The number of oxazole rings is 1. The number of aromatic nitrogens is 4. The van der Waals surface area contributed by atoms with E-state index in [-0.39, 0.29) is 0 Å². The molecule has 0 aliphatic heterocycles. The van der Waals surface area contributed by atoms with Crippen LogP contribution in [0.25, 0.3) is 111 Å². The van der Waals surface area contributed by atoms with Gasteiger partial charge in [0.1, 0.15) is 16.7 Å². The highest BCUT2D eigenvalue weighted by Crippen LogP contribution is 2.39. The number of fused-ring (bicyclic) bond motifs is 7. The van der Waals surface area contributed by atoms with Gasteiger partial charge in [0.15, 0.2) is 23.1 Å². The first-order chi connectivity index (χ1) is 26.7. The van der Waals surface area contributed by atoms with Crippen molar-refractivity contribution in [1.82, 2.24) is 19.9 Å². The van der Waals surface area contributed by atoms with E-state index in [1.165, 1.54) is 0 Å². The third-order valence-corrected chi connectivity index (χ3v) is 10.1. The monoisotopic (exact) mass is 692 g/mol. The van der Waals surface area contributed by atoms with E-state index in [9.17, 15) is 0 Å². The maximum Gasteiger partial charge on any atom is 0.227 e. The van der Waals surface area contributed by atoms with Crippen LogP contribution in [-0.4, -0.2) is 19.9 Å². The molecule has 6 heteroatoms. The number of hydrogen-bond acceptors (Lipinski definition) is 6. The summed E-state index contributed by atoms with van der Waals surface area (Å²) in [5.74, 6) is 2.35. The van der Waals surface area contributed by atoms with Crippen molar-refractivity contribution in [2.45, 2.75) is 0 Å². The molecule has 0 bridgehead atoms. The van der Waals surface area contributed by atoms with Crippen molar-refractivity contribution in [3.63, 3.8) is 0 Å². The van der Waals surface area contributed by atoms with Gasteiger partial charge in [0, 0.05) is 32.8 Å². The smallest absolute Gasteiger partial charge is 0.227 e. The summed E-state index contributed by atoms with van der Waals surface area (Å²) in [6.07, 6.45) is 0. The van der Waals surface area contributed by atoms with Crippen molar-refractivity contribution in [3.05, 3.63) is 170 Å². The molecule has 0 fully saturated rings. The topological polar surface area (TPSA) is 77.8 Å². The van der Waals surface area contributed by atoms with Crippen LogP contribution < -0.4 is 0 Å². The predicted molar refractivity (Wildman–Crippen MR) is 217 cm³/mol. The zero-order valence-corrected chi connectivity index (χ0v) is 28.8. The Hall–Kier alpha value is -7.44. The third kappa shape index (κ3) is 4.96. The Morgan fingerprint density at radius 3 is 1.85 bits per heavy atom. The van der Waals surface area contributed by atoms with Gasteiger partial charge in [-0.1, -0.05) is 127 Å². The van der Waals surface area contributed by atoms with Crippen LogP contribution in [0.15, 0.2) is 179 Å². The van der Waals surface area contributed by atoms with E-state index in [4.69, 9.17) is 28.8 Å². The molecular weight excluding hydrogens is 665 g/mol. The summed E-state index contributed by atoms with van der Waals surface area (Å²) in [5.41, 5.74) is 8.91. The zero-order valence-electron chi connectivity index (χ0n) is 28.8. The van der Waals surface area contributed by atoms with Crippen molar-refractivity contribution < 1.29 is 8.83 Å². The molecule has 54 heavy (non-hydrogen) atoms. The molecule has 6 nitrogen and oxygen atoms in total. The van der Waals surface area contributed by atoms with Gasteiger partial charge in [-0.05, 0) is 69.8 Å². The first kappa shape index (κ1) is 30.2. The Kier molecular flexibility index (Phi) is 6.75. The highest BCUT2D eigenvalue weighted by Gasteiger charge is 2.19. The fourth-order valence-corrected chi connectivity index (χ4v) is 7.52. The third-order valence-electron chi connectivity index (χ3n) is 10.1. The summed E-state index contributed by atoms with van der Waals surface area (Å²) in [7, 11) is 0. The molecule has 0 amide bonds. The minimum atomic E-state index is 0.555. The van der Waals surface area contributed by atoms with Gasteiger partial charge in [0.2, 0.25) is 5.89 Å². The van der Waals surface area contributed by atoms with E-state index in [1.54, 1.807) is 0 Å². The lowest BCUT2D eigenvalue weighted by molar-refractivity contribution is 0.623. The van der Waals surface area contributed by atoms with Crippen molar-refractivity contribution >= 4 is 54.6 Å². The Labute approximate surface area is 309 Å². The molecule has 8 aromatic carbocycles. The van der Waals surface area contributed by atoms with E-state index >= 15 is 0 Å². The quantitative estimate of drug-likeness (QED) is 0.179. The van der Waals surface area contributed by atoms with Crippen LogP contribution in [0.4, 0.5) is 0 Å².